The summed E-state index contributed by atoms with van der Waals surface area (Å²) in [6.45, 7) is 0. The molecule has 0 bridgehead atoms. The lowest BCUT2D eigenvalue weighted by molar-refractivity contribution is 0.0945. The lowest BCUT2D eigenvalue weighted by atomic mass is 9.74. The Morgan fingerprint density at radius 3 is 2.56 bits per heavy atom. The van der Waals surface area contributed by atoms with Crippen LogP contribution in [0.1, 0.15) is 31.2 Å². The first kappa shape index (κ1) is 16.6. The highest BCUT2D eigenvalue weighted by Crippen LogP contribution is 2.41. The number of hydrogen-bond donors (Lipinski definition) is 1. The van der Waals surface area contributed by atoms with E-state index in [1.165, 1.54) is 41.6 Å². The van der Waals surface area contributed by atoms with E-state index in [9.17, 15) is 0 Å². The van der Waals surface area contributed by atoms with Crippen LogP contribution in [0.2, 0.25) is 0 Å². The van der Waals surface area contributed by atoms with Gasteiger partial charge >= 0.3 is 0 Å². The van der Waals surface area contributed by atoms with Crippen molar-refractivity contribution in [3.63, 3.8) is 0 Å². The fraction of sp³-hybridized carbons (Fsp3) is 0.381. The number of anilines is 1. The molecule has 0 unspecified atom stereocenters. The quantitative estimate of drug-likeness (QED) is 0.708. The van der Waals surface area contributed by atoms with Gasteiger partial charge in [0.1, 0.15) is 0 Å². The first-order valence-electron chi connectivity index (χ1n) is 9.00. The predicted octanol–water partition coefficient (Wildman–Crippen LogP) is 5.11. The van der Waals surface area contributed by atoms with Crippen molar-refractivity contribution in [3.05, 3.63) is 59.6 Å². The molecule has 0 amide bonds. The molecule has 1 aliphatic carbocycles. The number of rotatable bonds is 4. The highest BCUT2D eigenvalue weighted by molar-refractivity contribution is 7.16. The minimum atomic E-state index is 0.168. The summed E-state index contributed by atoms with van der Waals surface area (Å²) < 4.78 is 1.26. The molecule has 25 heavy (non-hydrogen) atoms. The molecule has 1 heterocycles. The Kier molecular flexibility index (Phi) is 4.48. The summed E-state index contributed by atoms with van der Waals surface area (Å²) in [6.07, 6.45) is 4.75. The summed E-state index contributed by atoms with van der Waals surface area (Å²) in [5.74, 6) is 0. The summed E-state index contributed by atoms with van der Waals surface area (Å²) in [5, 5.41) is 3.75. The molecule has 0 atom stereocenters. The van der Waals surface area contributed by atoms with Crippen LogP contribution in [0.4, 0.5) is 5.69 Å². The van der Waals surface area contributed by atoms with Gasteiger partial charge in [0.15, 0.2) is 0 Å². The highest BCUT2D eigenvalue weighted by atomic mass is 32.1. The fourth-order valence-electron chi connectivity index (χ4n) is 4.16. The molecule has 0 aliphatic heterocycles. The Morgan fingerprint density at radius 2 is 1.84 bits per heavy atom. The maximum Gasteiger partial charge on any atom is 0.0813 e. The van der Waals surface area contributed by atoms with Gasteiger partial charge < -0.3 is 5.32 Å². The van der Waals surface area contributed by atoms with Gasteiger partial charge in [0.2, 0.25) is 0 Å². The molecule has 1 saturated carbocycles. The third kappa shape index (κ3) is 3.16. The van der Waals surface area contributed by atoms with Crippen molar-refractivity contribution in [1.29, 1.82) is 0 Å². The molecule has 2 aromatic carbocycles. The second kappa shape index (κ2) is 6.77. The second-order valence-electron chi connectivity index (χ2n) is 7.25. The van der Waals surface area contributed by atoms with E-state index in [0.29, 0.717) is 6.04 Å². The zero-order valence-electron chi connectivity index (χ0n) is 14.9. The SMILES string of the molecule is CN(C)C1(c2ccccc2)CCC(Nc2ccc3ncsc3c2)CC1. The molecule has 3 nitrogen and oxygen atoms in total. The van der Waals surface area contributed by atoms with Crippen molar-refractivity contribution in [3.8, 4) is 0 Å². The van der Waals surface area contributed by atoms with Gasteiger partial charge in [0.25, 0.3) is 0 Å². The Morgan fingerprint density at radius 1 is 1.08 bits per heavy atom. The Balaban J connectivity index is 1.48. The third-order valence-corrected chi connectivity index (χ3v) is 6.47. The van der Waals surface area contributed by atoms with E-state index in [1.807, 2.05) is 5.51 Å². The molecule has 1 aromatic heterocycles. The topological polar surface area (TPSA) is 28.2 Å². The lowest BCUT2D eigenvalue weighted by Crippen LogP contribution is -2.46. The van der Waals surface area contributed by atoms with Crippen molar-refractivity contribution in [1.82, 2.24) is 9.88 Å². The minimum absolute atomic E-state index is 0.168. The van der Waals surface area contributed by atoms with Gasteiger partial charge in [-0.2, -0.15) is 0 Å². The molecule has 3 aromatic rings. The molecule has 130 valence electrons. The maximum absolute atomic E-state index is 4.36. The van der Waals surface area contributed by atoms with Crippen LogP contribution in [-0.4, -0.2) is 30.0 Å². The van der Waals surface area contributed by atoms with Crippen LogP contribution in [0, 0.1) is 0 Å². The first-order valence-corrected chi connectivity index (χ1v) is 9.88. The first-order chi connectivity index (χ1) is 12.2. The predicted molar refractivity (Wildman–Crippen MR) is 107 cm³/mol. The van der Waals surface area contributed by atoms with Crippen molar-refractivity contribution in [2.45, 2.75) is 37.3 Å². The molecule has 1 N–H and O–H groups in total. The van der Waals surface area contributed by atoms with Gasteiger partial charge in [-0.05, 0) is 63.5 Å². The van der Waals surface area contributed by atoms with Crippen molar-refractivity contribution >= 4 is 27.2 Å². The zero-order chi connectivity index (χ0) is 17.3. The van der Waals surface area contributed by atoms with Crippen LogP contribution in [0.25, 0.3) is 10.2 Å². The minimum Gasteiger partial charge on any atom is -0.382 e. The number of benzene rings is 2. The number of hydrogen-bond acceptors (Lipinski definition) is 4. The van der Waals surface area contributed by atoms with E-state index in [2.05, 4.69) is 77.8 Å². The summed E-state index contributed by atoms with van der Waals surface area (Å²) in [4.78, 5) is 6.78. The van der Waals surface area contributed by atoms with E-state index in [4.69, 9.17) is 0 Å². The highest BCUT2D eigenvalue weighted by Gasteiger charge is 2.38. The van der Waals surface area contributed by atoms with E-state index in [-0.39, 0.29) is 5.54 Å². The van der Waals surface area contributed by atoms with Gasteiger partial charge in [0, 0.05) is 17.3 Å². The summed E-state index contributed by atoms with van der Waals surface area (Å²) in [6, 6.07) is 18.1. The molecule has 1 fully saturated rings. The van der Waals surface area contributed by atoms with Crippen LogP contribution in [0.5, 0.6) is 0 Å². The second-order valence-corrected chi connectivity index (χ2v) is 8.13. The third-order valence-electron chi connectivity index (χ3n) is 5.68. The molecule has 4 rings (SSSR count). The van der Waals surface area contributed by atoms with Crippen molar-refractivity contribution in [2.24, 2.45) is 0 Å². The summed E-state index contributed by atoms with van der Waals surface area (Å²) in [5.41, 5.74) is 5.85. The molecule has 4 heteroatoms. The number of thiazole rings is 1. The number of nitrogens with zero attached hydrogens (tertiary/aromatic N) is 2. The molecular weight excluding hydrogens is 326 g/mol. The molecular formula is C21H25N3S. The average Bonchev–Trinajstić information content (AvgIpc) is 3.11. The fourth-order valence-corrected chi connectivity index (χ4v) is 4.88. The average molecular weight is 352 g/mol. The van der Waals surface area contributed by atoms with E-state index < -0.39 is 0 Å². The van der Waals surface area contributed by atoms with Crippen molar-refractivity contribution < 1.29 is 0 Å². The van der Waals surface area contributed by atoms with Crippen LogP contribution in [-0.2, 0) is 5.54 Å². The van der Waals surface area contributed by atoms with Gasteiger partial charge in [-0.25, -0.2) is 4.98 Å². The number of aromatic nitrogens is 1. The monoisotopic (exact) mass is 351 g/mol. The standard InChI is InChI=1S/C21H25N3S/c1-24(2)21(16-6-4-3-5-7-16)12-10-17(11-13-21)23-18-8-9-19-20(14-18)25-15-22-19/h3-9,14-15,17,23H,10-13H2,1-2H3. The molecule has 0 saturated heterocycles. The number of fused-ring (bicyclic) bond motifs is 1. The largest absolute Gasteiger partial charge is 0.382 e. The molecule has 0 radical (unpaired) electrons. The van der Waals surface area contributed by atoms with E-state index in [1.54, 1.807) is 11.3 Å². The van der Waals surface area contributed by atoms with E-state index >= 15 is 0 Å². The molecule has 1 aliphatic rings. The summed E-state index contributed by atoms with van der Waals surface area (Å²) in [7, 11) is 4.44. The Bertz CT molecular complexity index is 832. The maximum atomic E-state index is 4.36. The van der Waals surface area contributed by atoms with Gasteiger partial charge in [-0.1, -0.05) is 30.3 Å². The van der Waals surface area contributed by atoms with Crippen LogP contribution in [0.3, 0.4) is 0 Å². The van der Waals surface area contributed by atoms with Crippen LogP contribution < -0.4 is 5.32 Å². The van der Waals surface area contributed by atoms with Gasteiger partial charge in [0.05, 0.1) is 15.7 Å². The van der Waals surface area contributed by atoms with Gasteiger partial charge in [-0.15, -0.1) is 11.3 Å². The van der Waals surface area contributed by atoms with E-state index in [0.717, 1.165) is 5.52 Å². The van der Waals surface area contributed by atoms with Crippen molar-refractivity contribution in [2.75, 3.05) is 19.4 Å². The number of nitrogens with one attached hydrogen (secondary N) is 1. The van der Waals surface area contributed by atoms with Crippen LogP contribution in [0.15, 0.2) is 54.0 Å². The van der Waals surface area contributed by atoms with Gasteiger partial charge in [-0.3, -0.25) is 4.90 Å². The lowest BCUT2D eigenvalue weighted by Gasteiger charge is -2.46. The summed E-state index contributed by atoms with van der Waals surface area (Å²) >= 11 is 1.71. The zero-order valence-corrected chi connectivity index (χ0v) is 15.7. The Labute approximate surface area is 153 Å². The Hall–Kier alpha value is -1.91. The van der Waals surface area contributed by atoms with Crippen LogP contribution >= 0.6 is 11.3 Å². The normalized spacial score (nSPS) is 23.9. The smallest absolute Gasteiger partial charge is 0.0813 e. The molecule has 0 spiro atoms.